The molecule has 7 heteroatoms. The first-order valence-corrected chi connectivity index (χ1v) is 7.65. The largest absolute Gasteiger partial charge is 0.332 e. The molecule has 0 aliphatic rings. The zero-order valence-electron chi connectivity index (χ0n) is 11.1. The van der Waals surface area contributed by atoms with Gasteiger partial charge in [-0.15, -0.1) is 0 Å². The zero-order chi connectivity index (χ0) is 13.8. The highest BCUT2D eigenvalue weighted by Crippen LogP contribution is 2.11. The van der Waals surface area contributed by atoms with E-state index < -0.39 is 10.0 Å². The third-order valence-electron chi connectivity index (χ3n) is 3.13. The van der Waals surface area contributed by atoms with Gasteiger partial charge in [-0.25, -0.2) is 18.1 Å². The van der Waals surface area contributed by atoms with Crippen LogP contribution in [-0.2, 0) is 10.0 Å². The van der Waals surface area contributed by atoms with Crippen molar-refractivity contribution in [2.45, 2.75) is 44.7 Å². The van der Waals surface area contributed by atoms with E-state index in [0.29, 0.717) is 11.7 Å². The van der Waals surface area contributed by atoms with Gasteiger partial charge >= 0.3 is 0 Å². The van der Waals surface area contributed by atoms with Gasteiger partial charge in [0.1, 0.15) is 5.82 Å². The van der Waals surface area contributed by atoms with Crippen molar-refractivity contribution in [3.63, 3.8) is 0 Å². The first kappa shape index (κ1) is 15.1. The highest BCUT2D eigenvalue weighted by Gasteiger charge is 2.20. The van der Waals surface area contributed by atoms with Crippen molar-refractivity contribution in [2.24, 2.45) is 11.7 Å². The van der Waals surface area contributed by atoms with Crippen molar-refractivity contribution in [1.82, 2.24) is 14.7 Å². The normalized spacial score (nSPS) is 14.1. The molecular weight excluding hydrogens is 252 g/mol. The summed E-state index contributed by atoms with van der Waals surface area (Å²) < 4.78 is 26.3. The fourth-order valence-electron chi connectivity index (χ4n) is 1.88. The molecule has 1 unspecified atom stereocenters. The van der Waals surface area contributed by atoms with Crippen LogP contribution in [0.4, 0.5) is 0 Å². The second-order valence-corrected chi connectivity index (χ2v) is 6.16. The minimum absolute atomic E-state index is 0.0803. The van der Waals surface area contributed by atoms with Gasteiger partial charge in [0, 0.05) is 12.6 Å². The van der Waals surface area contributed by atoms with Crippen LogP contribution < -0.4 is 10.5 Å². The van der Waals surface area contributed by atoms with Crippen molar-refractivity contribution in [3.8, 4) is 0 Å². The number of imidazole rings is 1. The van der Waals surface area contributed by atoms with Crippen LogP contribution in [0.25, 0.3) is 0 Å². The molecule has 0 radical (unpaired) electrons. The number of nitrogens with one attached hydrogen (secondary N) is 2. The van der Waals surface area contributed by atoms with Crippen molar-refractivity contribution in [1.29, 1.82) is 0 Å². The lowest BCUT2D eigenvalue weighted by atomic mass is 9.95. The number of H-pyrrole nitrogens is 1. The molecule has 0 amide bonds. The van der Waals surface area contributed by atoms with E-state index in [2.05, 4.69) is 28.5 Å². The van der Waals surface area contributed by atoms with Gasteiger partial charge in [0.05, 0.1) is 6.20 Å². The standard InChI is InChI=1S/C11H22N4O2S/c1-4-9(5-2)10(12)6-14-18(16,17)11-7-13-8(3)15-11/h7,9-10,14H,4-6,12H2,1-3H3,(H,13,15). The monoisotopic (exact) mass is 274 g/mol. The molecule has 0 aliphatic carbocycles. The van der Waals surface area contributed by atoms with Gasteiger partial charge in [-0.05, 0) is 12.8 Å². The van der Waals surface area contributed by atoms with Crippen molar-refractivity contribution in [3.05, 3.63) is 12.0 Å². The molecule has 1 aromatic heterocycles. The molecule has 18 heavy (non-hydrogen) atoms. The van der Waals surface area contributed by atoms with Crippen LogP contribution in [0.2, 0.25) is 0 Å². The Morgan fingerprint density at radius 3 is 2.50 bits per heavy atom. The second kappa shape index (κ2) is 6.31. The van der Waals surface area contributed by atoms with Gasteiger partial charge in [-0.3, -0.25) is 0 Å². The van der Waals surface area contributed by atoms with Gasteiger partial charge in [-0.2, -0.15) is 0 Å². The molecule has 104 valence electrons. The summed E-state index contributed by atoms with van der Waals surface area (Å²) >= 11 is 0. The minimum Gasteiger partial charge on any atom is -0.332 e. The van der Waals surface area contributed by atoms with Gasteiger partial charge < -0.3 is 10.7 Å². The Kier molecular flexibility index (Phi) is 5.30. The Balaban J connectivity index is 2.62. The molecule has 0 fully saturated rings. The Morgan fingerprint density at radius 2 is 2.06 bits per heavy atom. The first-order valence-electron chi connectivity index (χ1n) is 6.17. The Labute approximate surface area is 108 Å². The predicted octanol–water partition coefficient (Wildman–Crippen LogP) is 0.760. The average molecular weight is 274 g/mol. The first-order chi connectivity index (χ1) is 8.40. The van der Waals surface area contributed by atoms with Gasteiger partial charge in [0.2, 0.25) is 0 Å². The highest BCUT2D eigenvalue weighted by atomic mass is 32.2. The lowest BCUT2D eigenvalue weighted by Crippen LogP contribution is -2.41. The van der Waals surface area contributed by atoms with E-state index in [1.54, 1.807) is 6.92 Å². The predicted molar refractivity (Wildman–Crippen MR) is 70.6 cm³/mol. The quantitative estimate of drug-likeness (QED) is 0.683. The number of aryl methyl sites for hydroxylation is 1. The number of sulfonamides is 1. The van der Waals surface area contributed by atoms with Crippen molar-refractivity contribution in [2.75, 3.05) is 6.54 Å². The summed E-state index contributed by atoms with van der Waals surface area (Å²) in [6.45, 7) is 6.06. The van der Waals surface area contributed by atoms with Crippen LogP contribution in [0.3, 0.4) is 0 Å². The summed E-state index contributed by atoms with van der Waals surface area (Å²) in [5, 5.41) is 0.0803. The fraction of sp³-hybridized carbons (Fsp3) is 0.727. The molecule has 0 saturated heterocycles. The summed E-state index contributed by atoms with van der Waals surface area (Å²) in [4.78, 5) is 6.57. The number of nitrogens with zero attached hydrogens (tertiary/aromatic N) is 1. The molecule has 0 spiro atoms. The summed E-state index contributed by atoms with van der Waals surface area (Å²) in [5.41, 5.74) is 5.98. The van der Waals surface area contributed by atoms with E-state index >= 15 is 0 Å². The van der Waals surface area contributed by atoms with Crippen LogP contribution in [-0.4, -0.2) is 31.0 Å². The number of aromatic nitrogens is 2. The maximum atomic E-state index is 11.9. The van der Waals surface area contributed by atoms with Crippen LogP contribution in [0.5, 0.6) is 0 Å². The van der Waals surface area contributed by atoms with Crippen molar-refractivity contribution >= 4 is 10.0 Å². The number of aromatic amines is 1. The zero-order valence-corrected chi connectivity index (χ0v) is 11.9. The fourth-order valence-corrected chi connectivity index (χ4v) is 2.92. The van der Waals surface area contributed by atoms with Gasteiger partial charge in [-0.1, -0.05) is 26.7 Å². The summed E-state index contributed by atoms with van der Waals surface area (Å²) in [6, 6.07) is -0.168. The van der Waals surface area contributed by atoms with E-state index in [-0.39, 0.29) is 17.6 Å². The number of nitrogens with two attached hydrogens (primary N) is 1. The maximum Gasteiger partial charge on any atom is 0.257 e. The van der Waals surface area contributed by atoms with E-state index in [4.69, 9.17) is 5.73 Å². The Bertz CT molecular complexity index is 465. The molecule has 0 bridgehead atoms. The van der Waals surface area contributed by atoms with Crippen LogP contribution in [0.1, 0.15) is 32.5 Å². The summed E-state index contributed by atoms with van der Waals surface area (Å²) in [5.74, 6) is 0.899. The van der Waals surface area contributed by atoms with E-state index in [0.717, 1.165) is 12.8 Å². The van der Waals surface area contributed by atoms with Gasteiger partial charge in [0.15, 0.2) is 5.03 Å². The summed E-state index contributed by atoms with van der Waals surface area (Å²) in [7, 11) is -3.53. The highest BCUT2D eigenvalue weighted by molar-refractivity contribution is 7.89. The third kappa shape index (κ3) is 3.79. The minimum atomic E-state index is -3.53. The van der Waals surface area contributed by atoms with Crippen LogP contribution >= 0.6 is 0 Å². The molecule has 6 nitrogen and oxygen atoms in total. The SMILES string of the molecule is CCC(CC)C(N)CNS(=O)(=O)c1cnc(C)[nH]1. The van der Waals surface area contributed by atoms with Crippen molar-refractivity contribution < 1.29 is 8.42 Å². The molecule has 1 heterocycles. The number of rotatable bonds is 7. The Hall–Kier alpha value is -0.920. The smallest absolute Gasteiger partial charge is 0.257 e. The maximum absolute atomic E-state index is 11.9. The lowest BCUT2D eigenvalue weighted by Gasteiger charge is -2.21. The Morgan fingerprint density at radius 1 is 1.44 bits per heavy atom. The van der Waals surface area contributed by atoms with Crippen LogP contribution in [0.15, 0.2) is 11.2 Å². The molecule has 1 aromatic rings. The van der Waals surface area contributed by atoms with Gasteiger partial charge in [0.25, 0.3) is 10.0 Å². The molecule has 0 aromatic carbocycles. The van der Waals surface area contributed by atoms with Crippen LogP contribution in [0, 0.1) is 12.8 Å². The average Bonchev–Trinajstić information content (AvgIpc) is 2.76. The van der Waals surface area contributed by atoms with E-state index in [9.17, 15) is 8.42 Å². The lowest BCUT2D eigenvalue weighted by molar-refractivity contribution is 0.392. The van der Waals surface area contributed by atoms with E-state index in [1.807, 2.05) is 0 Å². The number of hydrogen-bond acceptors (Lipinski definition) is 4. The topological polar surface area (TPSA) is 101 Å². The second-order valence-electron chi connectivity index (χ2n) is 4.43. The molecular formula is C11H22N4O2S. The van der Waals surface area contributed by atoms with E-state index in [1.165, 1.54) is 6.20 Å². The third-order valence-corrected chi connectivity index (χ3v) is 4.47. The number of hydrogen-bond donors (Lipinski definition) is 3. The molecule has 4 N–H and O–H groups in total. The summed E-state index contributed by atoms with van der Waals surface area (Å²) in [6.07, 6.45) is 3.20. The molecule has 0 saturated carbocycles. The molecule has 0 aliphatic heterocycles. The molecule has 1 rings (SSSR count). The molecule has 1 atom stereocenters.